The average Bonchev–Trinajstić information content (AvgIpc) is 2.72. The molecule has 0 saturated carbocycles. The molecule has 0 aliphatic rings. The summed E-state index contributed by atoms with van der Waals surface area (Å²) in [4.78, 5) is 16.7. The Balaban J connectivity index is 2.06. The van der Waals surface area contributed by atoms with E-state index < -0.39 is 29.2 Å². The van der Waals surface area contributed by atoms with Crippen LogP contribution in [0.4, 0.5) is 13.6 Å². The van der Waals surface area contributed by atoms with Crippen LogP contribution >= 0.6 is 0 Å². The number of nitriles is 1. The van der Waals surface area contributed by atoms with Gasteiger partial charge >= 0.3 is 6.09 Å². The maximum Gasteiger partial charge on any atom is 0.407 e. The molecule has 1 unspecified atom stereocenters. The third-order valence-corrected chi connectivity index (χ3v) is 4.61. The van der Waals surface area contributed by atoms with Crippen LogP contribution in [0.3, 0.4) is 0 Å². The number of nitrogens with one attached hydrogen (secondary N) is 1. The van der Waals surface area contributed by atoms with Crippen LogP contribution < -0.4 is 5.32 Å². The monoisotopic (exact) mass is 435 g/mol. The van der Waals surface area contributed by atoms with Gasteiger partial charge in [0.25, 0.3) is 0 Å². The van der Waals surface area contributed by atoms with E-state index in [2.05, 4.69) is 16.4 Å². The fourth-order valence-electron chi connectivity index (χ4n) is 3.34. The highest BCUT2D eigenvalue weighted by atomic mass is 19.1. The molecule has 2 aromatic carbocycles. The number of hydrogen-bond donors (Lipinski definition) is 1. The van der Waals surface area contributed by atoms with E-state index in [4.69, 9.17) is 4.74 Å². The van der Waals surface area contributed by atoms with Crippen molar-refractivity contribution < 1.29 is 18.3 Å². The highest BCUT2D eigenvalue weighted by Gasteiger charge is 2.24. The quantitative estimate of drug-likeness (QED) is 0.570. The van der Waals surface area contributed by atoms with E-state index in [0.29, 0.717) is 22.4 Å². The number of benzene rings is 2. The van der Waals surface area contributed by atoms with Gasteiger partial charge < -0.3 is 10.1 Å². The Hall–Kier alpha value is -3.79. The second-order valence-corrected chi connectivity index (χ2v) is 8.27. The van der Waals surface area contributed by atoms with Crippen LogP contribution in [0, 0.1) is 23.0 Å². The number of carbonyl (C=O) groups is 1. The van der Waals surface area contributed by atoms with Gasteiger partial charge in [0.1, 0.15) is 17.2 Å². The molecule has 0 saturated heterocycles. The van der Waals surface area contributed by atoms with Crippen LogP contribution in [0.1, 0.15) is 43.5 Å². The number of amides is 1. The molecule has 0 spiro atoms. The van der Waals surface area contributed by atoms with Crippen LogP contribution in [0.2, 0.25) is 0 Å². The van der Waals surface area contributed by atoms with Gasteiger partial charge in [-0.1, -0.05) is 18.2 Å². The van der Waals surface area contributed by atoms with Crippen LogP contribution in [-0.2, 0) is 4.74 Å². The second kappa shape index (κ2) is 9.56. The summed E-state index contributed by atoms with van der Waals surface area (Å²) >= 11 is 0. The molecule has 1 amide bonds. The number of alkyl carbamates (subject to hydrolysis) is 1. The zero-order valence-electron chi connectivity index (χ0n) is 18.0. The van der Waals surface area contributed by atoms with Crippen LogP contribution in [-0.4, -0.2) is 23.2 Å². The molecule has 32 heavy (non-hydrogen) atoms. The van der Waals surface area contributed by atoms with Gasteiger partial charge in [-0.15, -0.1) is 0 Å². The molecule has 5 nitrogen and oxygen atoms in total. The van der Waals surface area contributed by atoms with Gasteiger partial charge in [0.15, 0.2) is 0 Å². The summed E-state index contributed by atoms with van der Waals surface area (Å²) in [6.07, 6.45) is 0.923. The van der Waals surface area contributed by atoms with E-state index in [1.54, 1.807) is 51.2 Å². The van der Waals surface area contributed by atoms with E-state index >= 15 is 0 Å². The highest BCUT2D eigenvalue weighted by Crippen LogP contribution is 2.32. The maximum absolute atomic E-state index is 14.0. The lowest BCUT2D eigenvalue weighted by Gasteiger charge is -2.23. The third kappa shape index (κ3) is 5.88. The molecule has 1 N–H and O–H groups in total. The first-order valence-electron chi connectivity index (χ1n) is 10.0. The molecule has 3 aromatic rings. The minimum atomic E-state index is -0.730. The van der Waals surface area contributed by atoms with Crippen LogP contribution in [0.25, 0.3) is 11.1 Å². The minimum Gasteiger partial charge on any atom is -0.444 e. The van der Waals surface area contributed by atoms with Gasteiger partial charge in [-0.25, -0.2) is 13.6 Å². The van der Waals surface area contributed by atoms with Gasteiger partial charge in [-0.2, -0.15) is 5.26 Å². The molecule has 0 bridgehead atoms. The number of rotatable bonds is 5. The summed E-state index contributed by atoms with van der Waals surface area (Å²) in [5.74, 6) is -2.13. The predicted octanol–water partition coefficient (Wildman–Crippen LogP) is 5.56. The summed E-state index contributed by atoms with van der Waals surface area (Å²) in [6, 6.07) is 15.8. The second-order valence-electron chi connectivity index (χ2n) is 8.27. The van der Waals surface area contributed by atoms with Crippen molar-refractivity contribution in [3.63, 3.8) is 0 Å². The molecule has 7 heteroatoms. The highest BCUT2D eigenvalue weighted by molar-refractivity contribution is 5.70. The van der Waals surface area contributed by atoms with E-state index in [-0.39, 0.29) is 6.54 Å². The van der Waals surface area contributed by atoms with Crippen molar-refractivity contribution in [2.45, 2.75) is 32.3 Å². The molecular weight excluding hydrogens is 412 g/mol. The number of hydrogen-bond acceptors (Lipinski definition) is 4. The third-order valence-electron chi connectivity index (χ3n) is 4.61. The molecule has 0 aliphatic heterocycles. The SMILES string of the molecule is CC(C)(C)OC(=O)NCC(c1cc(F)cc(F)c1)c1ncccc1-c1cccc(C#N)c1. The van der Waals surface area contributed by atoms with E-state index in [0.717, 1.165) is 11.6 Å². The fourth-order valence-corrected chi connectivity index (χ4v) is 3.34. The standard InChI is InChI=1S/C25H23F2N3O2/c1-25(2,3)32-24(31)30-15-22(18-11-19(26)13-20(27)12-18)23-21(8-5-9-29-23)17-7-4-6-16(10-17)14-28/h4-13,22H,15H2,1-3H3,(H,30,31). The van der Waals surface area contributed by atoms with Crippen molar-refractivity contribution in [3.05, 3.63) is 89.2 Å². The largest absolute Gasteiger partial charge is 0.444 e. The first-order valence-corrected chi connectivity index (χ1v) is 10.0. The maximum atomic E-state index is 14.0. The zero-order chi connectivity index (χ0) is 23.3. The van der Waals surface area contributed by atoms with Gasteiger partial charge in [0.2, 0.25) is 0 Å². The topological polar surface area (TPSA) is 75.0 Å². The first-order chi connectivity index (χ1) is 15.2. The molecule has 0 fully saturated rings. The summed E-state index contributed by atoms with van der Waals surface area (Å²) in [5, 5.41) is 11.9. The number of carbonyl (C=O) groups excluding carboxylic acids is 1. The van der Waals surface area contributed by atoms with Crippen molar-refractivity contribution in [1.82, 2.24) is 10.3 Å². The smallest absolute Gasteiger partial charge is 0.407 e. The van der Waals surface area contributed by atoms with Gasteiger partial charge in [-0.05, 0) is 62.2 Å². The Labute approximate surface area is 185 Å². The Morgan fingerprint density at radius 2 is 1.84 bits per heavy atom. The number of aromatic nitrogens is 1. The Morgan fingerprint density at radius 3 is 2.50 bits per heavy atom. The van der Waals surface area contributed by atoms with Gasteiger partial charge in [-0.3, -0.25) is 4.98 Å². The average molecular weight is 435 g/mol. The Kier molecular flexibility index (Phi) is 6.84. The number of ether oxygens (including phenoxy) is 1. The Morgan fingerprint density at radius 1 is 1.12 bits per heavy atom. The van der Waals surface area contributed by atoms with Crippen LogP contribution in [0.5, 0.6) is 0 Å². The molecule has 3 rings (SSSR count). The molecule has 0 aliphatic carbocycles. The lowest BCUT2D eigenvalue weighted by atomic mass is 9.89. The summed E-state index contributed by atoms with van der Waals surface area (Å²) in [7, 11) is 0. The zero-order valence-corrected chi connectivity index (χ0v) is 18.0. The number of halogens is 2. The predicted molar refractivity (Wildman–Crippen MR) is 117 cm³/mol. The van der Waals surface area contributed by atoms with Crippen LogP contribution in [0.15, 0.2) is 60.8 Å². The van der Waals surface area contributed by atoms with E-state index in [9.17, 15) is 18.8 Å². The number of pyridine rings is 1. The van der Waals surface area contributed by atoms with Crippen molar-refractivity contribution in [2.24, 2.45) is 0 Å². The first kappa shape index (κ1) is 22.9. The van der Waals surface area contributed by atoms with E-state index in [1.165, 1.54) is 12.1 Å². The van der Waals surface area contributed by atoms with Crippen molar-refractivity contribution in [3.8, 4) is 17.2 Å². The van der Waals surface area contributed by atoms with Crippen molar-refractivity contribution in [1.29, 1.82) is 5.26 Å². The lowest BCUT2D eigenvalue weighted by molar-refractivity contribution is 0.0526. The summed E-state index contributed by atoms with van der Waals surface area (Å²) in [6.45, 7) is 5.22. The van der Waals surface area contributed by atoms with Gasteiger partial charge in [0.05, 0.1) is 17.3 Å². The minimum absolute atomic E-state index is 0.000237. The molecule has 1 aromatic heterocycles. The van der Waals surface area contributed by atoms with E-state index in [1.807, 2.05) is 12.1 Å². The fraction of sp³-hybridized carbons (Fsp3) is 0.240. The molecule has 1 heterocycles. The molecule has 164 valence electrons. The van der Waals surface area contributed by atoms with Crippen molar-refractivity contribution >= 4 is 6.09 Å². The lowest BCUT2D eigenvalue weighted by Crippen LogP contribution is -2.35. The number of nitrogens with zero attached hydrogens (tertiary/aromatic N) is 2. The molecule has 1 atom stereocenters. The normalized spacial score (nSPS) is 12.0. The molecule has 0 radical (unpaired) electrons. The molecular formula is C25H23F2N3O2. The summed E-state index contributed by atoms with van der Waals surface area (Å²) in [5.41, 5.74) is 2.01. The summed E-state index contributed by atoms with van der Waals surface area (Å²) < 4.78 is 33.4. The Bertz CT molecular complexity index is 1150. The van der Waals surface area contributed by atoms with Crippen molar-refractivity contribution in [2.75, 3.05) is 6.54 Å². The van der Waals surface area contributed by atoms with Gasteiger partial charge in [0, 0.05) is 30.3 Å².